The van der Waals surface area contributed by atoms with E-state index in [1.807, 2.05) is 18.2 Å². The van der Waals surface area contributed by atoms with Crippen LogP contribution in [0.15, 0.2) is 30.5 Å². The zero-order chi connectivity index (χ0) is 13.1. The predicted molar refractivity (Wildman–Crippen MR) is 70.1 cm³/mol. The average molecular weight is 265 g/mol. The number of urea groups is 1. The van der Waals surface area contributed by atoms with Gasteiger partial charge in [0.05, 0.1) is 5.69 Å². The average Bonchev–Trinajstić information content (AvgIpc) is 2.85. The number of H-pyrrole nitrogens is 1. The molecule has 0 radical (unpaired) electrons. The highest BCUT2D eigenvalue weighted by Crippen LogP contribution is 2.24. The number of aromatic nitrogens is 2. The van der Waals surface area contributed by atoms with Crippen molar-refractivity contribution in [1.82, 2.24) is 15.1 Å². The number of halogens is 1. The van der Waals surface area contributed by atoms with Crippen molar-refractivity contribution < 1.29 is 4.79 Å². The predicted octanol–water partition coefficient (Wildman–Crippen LogP) is 2.24. The maximum Gasteiger partial charge on any atom is 0.314 e. The van der Waals surface area contributed by atoms with Crippen molar-refractivity contribution in [1.29, 1.82) is 0 Å². The van der Waals surface area contributed by atoms with Crippen LogP contribution >= 0.6 is 11.6 Å². The molecule has 94 valence electrons. The van der Waals surface area contributed by atoms with Crippen molar-refractivity contribution in [2.45, 2.75) is 6.54 Å². The number of rotatable bonds is 3. The van der Waals surface area contributed by atoms with Gasteiger partial charge in [0.1, 0.15) is 0 Å². The highest BCUT2D eigenvalue weighted by molar-refractivity contribution is 6.31. The number of nitrogens with two attached hydrogens (primary N) is 1. The number of carbonyl (C=O) groups is 1. The number of nitrogens with one attached hydrogen (secondary N) is 1. The first-order valence-corrected chi connectivity index (χ1v) is 5.75. The van der Waals surface area contributed by atoms with E-state index < -0.39 is 6.03 Å². The van der Waals surface area contributed by atoms with E-state index in [9.17, 15) is 4.79 Å². The van der Waals surface area contributed by atoms with Gasteiger partial charge < -0.3 is 10.6 Å². The third-order valence-corrected chi connectivity index (χ3v) is 2.99. The Bertz CT molecular complexity index is 553. The van der Waals surface area contributed by atoms with Gasteiger partial charge in [-0.1, -0.05) is 17.7 Å². The maximum absolute atomic E-state index is 11.0. The molecule has 1 aromatic carbocycles. The molecule has 18 heavy (non-hydrogen) atoms. The molecule has 0 aliphatic rings. The van der Waals surface area contributed by atoms with Crippen molar-refractivity contribution in [2.75, 3.05) is 7.05 Å². The van der Waals surface area contributed by atoms with Crippen LogP contribution in [0, 0.1) is 0 Å². The lowest BCUT2D eigenvalue weighted by atomic mass is 10.1. The Labute approximate surface area is 110 Å². The lowest BCUT2D eigenvalue weighted by molar-refractivity contribution is 0.216. The monoisotopic (exact) mass is 264 g/mol. The Morgan fingerprint density at radius 1 is 1.50 bits per heavy atom. The van der Waals surface area contributed by atoms with Crippen LogP contribution in [-0.4, -0.2) is 28.2 Å². The third-order valence-electron chi connectivity index (χ3n) is 2.63. The largest absolute Gasteiger partial charge is 0.351 e. The molecule has 5 nitrogen and oxygen atoms in total. The van der Waals surface area contributed by atoms with E-state index in [1.165, 1.54) is 4.90 Å². The highest BCUT2D eigenvalue weighted by Gasteiger charge is 2.09. The number of benzene rings is 1. The fourth-order valence-electron chi connectivity index (χ4n) is 1.61. The fraction of sp³-hybridized carbons (Fsp3) is 0.167. The molecule has 1 heterocycles. The number of primary amides is 1. The summed E-state index contributed by atoms with van der Waals surface area (Å²) in [4.78, 5) is 12.4. The van der Waals surface area contributed by atoms with Crippen LogP contribution in [0.4, 0.5) is 4.79 Å². The minimum absolute atomic E-state index is 0.367. The quantitative estimate of drug-likeness (QED) is 0.892. The van der Waals surface area contributed by atoms with E-state index in [1.54, 1.807) is 19.3 Å². The van der Waals surface area contributed by atoms with E-state index in [-0.39, 0.29) is 0 Å². The fourth-order valence-corrected chi connectivity index (χ4v) is 1.79. The molecule has 6 heteroatoms. The molecule has 3 N–H and O–H groups in total. The SMILES string of the molecule is CN(Cc1cc(-c2cc[nH]n2)ccc1Cl)C(N)=O. The van der Waals surface area contributed by atoms with Gasteiger partial charge in [-0.15, -0.1) is 0 Å². The van der Waals surface area contributed by atoms with Crippen molar-refractivity contribution in [2.24, 2.45) is 5.73 Å². The summed E-state index contributed by atoms with van der Waals surface area (Å²) < 4.78 is 0. The number of carbonyl (C=O) groups excluding carboxylic acids is 1. The Morgan fingerprint density at radius 3 is 2.89 bits per heavy atom. The molecule has 0 atom stereocenters. The van der Waals surface area contributed by atoms with Gasteiger partial charge in [0, 0.05) is 30.4 Å². The molecular formula is C12H13ClN4O. The molecule has 0 unspecified atom stereocenters. The standard InChI is InChI=1S/C12H13ClN4O/c1-17(12(14)18)7-9-6-8(2-3-10(9)13)11-4-5-15-16-11/h2-6H,7H2,1H3,(H2,14,18)(H,15,16). The molecule has 0 bridgehead atoms. The lowest BCUT2D eigenvalue weighted by Gasteiger charge is -2.15. The van der Waals surface area contributed by atoms with Crippen LogP contribution < -0.4 is 5.73 Å². The van der Waals surface area contributed by atoms with Gasteiger partial charge in [0.2, 0.25) is 0 Å². The Kier molecular flexibility index (Phi) is 3.53. The summed E-state index contributed by atoms with van der Waals surface area (Å²) in [6, 6.07) is 6.95. The van der Waals surface area contributed by atoms with E-state index in [4.69, 9.17) is 17.3 Å². The van der Waals surface area contributed by atoms with Crippen LogP contribution in [0.5, 0.6) is 0 Å². The highest BCUT2D eigenvalue weighted by atomic mass is 35.5. The topological polar surface area (TPSA) is 75.0 Å². The van der Waals surface area contributed by atoms with Gasteiger partial charge >= 0.3 is 6.03 Å². The Morgan fingerprint density at radius 2 is 2.28 bits per heavy atom. The van der Waals surface area contributed by atoms with Gasteiger partial charge in [-0.2, -0.15) is 5.10 Å². The third kappa shape index (κ3) is 2.62. The summed E-state index contributed by atoms with van der Waals surface area (Å²) in [6.45, 7) is 0.367. The summed E-state index contributed by atoms with van der Waals surface area (Å²) in [5, 5.41) is 7.45. The van der Waals surface area contributed by atoms with Crippen molar-refractivity contribution >= 4 is 17.6 Å². The summed E-state index contributed by atoms with van der Waals surface area (Å²) in [6.07, 6.45) is 1.75. The van der Waals surface area contributed by atoms with E-state index >= 15 is 0 Å². The van der Waals surface area contributed by atoms with Crippen LogP contribution in [-0.2, 0) is 6.54 Å². The Balaban J connectivity index is 2.30. The second kappa shape index (κ2) is 5.10. The molecule has 2 amide bonds. The maximum atomic E-state index is 11.0. The lowest BCUT2D eigenvalue weighted by Crippen LogP contribution is -2.31. The zero-order valence-electron chi connectivity index (χ0n) is 9.85. The summed E-state index contributed by atoms with van der Waals surface area (Å²) in [7, 11) is 1.62. The molecule has 0 spiro atoms. The van der Waals surface area contributed by atoms with Gasteiger partial charge in [0.15, 0.2) is 0 Å². The van der Waals surface area contributed by atoms with Crippen molar-refractivity contribution in [3.8, 4) is 11.3 Å². The number of hydrogen-bond donors (Lipinski definition) is 2. The first kappa shape index (κ1) is 12.4. The molecule has 0 saturated heterocycles. The molecule has 0 aliphatic carbocycles. The van der Waals surface area contributed by atoms with Crippen LogP contribution in [0.1, 0.15) is 5.56 Å². The van der Waals surface area contributed by atoms with Crippen LogP contribution in [0.2, 0.25) is 5.02 Å². The van der Waals surface area contributed by atoms with E-state index in [2.05, 4.69) is 10.2 Å². The number of aromatic amines is 1. The molecule has 1 aromatic heterocycles. The second-order valence-corrected chi connectivity index (χ2v) is 4.37. The van der Waals surface area contributed by atoms with Gasteiger partial charge in [-0.05, 0) is 23.8 Å². The summed E-state index contributed by atoms with van der Waals surface area (Å²) in [5.74, 6) is 0. The van der Waals surface area contributed by atoms with Gasteiger partial charge in [-0.25, -0.2) is 4.79 Å². The molecule has 2 rings (SSSR count). The second-order valence-electron chi connectivity index (χ2n) is 3.96. The van der Waals surface area contributed by atoms with Crippen molar-refractivity contribution in [3.63, 3.8) is 0 Å². The van der Waals surface area contributed by atoms with E-state index in [0.717, 1.165) is 16.8 Å². The number of hydrogen-bond acceptors (Lipinski definition) is 2. The van der Waals surface area contributed by atoms with Crippen molar-refractivity contribution in [3.05, 3.63) is 41.0 Å². The molecular weight excluding hydrogens is 252 g/mol. The van der Waals surface area contributed by atoms with Gasteiger partial charge in [0.25, 0.3) is 0 Å². The molecule has 0 aliphatic heterocycles. The van der Waals surface area contributed by atoms with Gasteiger partial charge in [-0.3, -0.25) is 5.10 Å². The van der Waals surface area contributed by atoms with E-state index in [0.29, 0.717) is 11.6 Å². The normalized spacial score (nSPS) is 10.3. The first-order valence-electron chi connectivity index (χ1n) is 5.37. The first-order chi connectivity index (χ1) is 8.58. The smallest absolute Gasteiger partial charge is 0.314 e. The number of amides is 2. The molecule has 0 fully saturated rings. The van der Waals surface area contributed by atoms with Crippen LogP contribution in [0.3, 0.4) is 0 Å². The minimum Gasteiger partial charge on any atom is -0.351 e. The summed E-state index contributed by atoms with van der Waals surface area (Å²) >= 11 is 6.10. The minimum atomic E-state index is -0.490. The van der Waals surface area contributed by atoms with Crippen LogP contribution in [0.25, 0.3) is 11.3 Å². The number of nitrogens with zero attached hydrogens (tertiary/aromatic N) is 2. The molecule has 2 aromatic rings. The molecule has 0 saturated carbocycles. The Hall–Kier alpha value is -2.01. The zero-order valence-corrected chi connectivity index (χ0v) is 10.6. The summed E-state index contributed by atoms with van der Waals surface area (Å²) in [5.41, 5.74) is 7.79.